The topological polar surface area (TPSA) is 37.4 Å². The molecule has 1 atom stereocenters. The lowest BCUT2D eigenvalue weighted by Gasteiger charge is -2.49. The Balaban J connectivity index is 2.03. The molecule has 0 aromatic heterocycles. The summed E-state index contributed by atoms with van der Waals surface area (Å²) in [5.41, 5.74) is 1.86. The molecule has 0 amide bonds. The van der Waals surface area contributed by atoms with E-state index in [-0.39, 0.29) is 5.54 Å². The molecule has 0 radical (unpaired) electrons. The second kappa shape index (κ2) is 5.82. The monoisotopic (exact) mass is 319 g/mol. The van der Waals surface area contributed by atoms with E-state index >= 15 is 0 Å². The normalized spacial score (nSPS) is 27.2. The maximum absolute atomic E-state index is 13.2. The lowest BCUT2D eigenvalue weighted by Crippen LogP contribution is -2.56. The van der Waals surface area contributed by atoms with Crippen LogP contribution in [0.4, 0.5) is 0 Å². The van der Waals surface area contributed by atoms with Gasteiger partial charge >= 0.3 is 0 Å². The van der Waals surface area contributed by atoms with Gasteiger partial charge < -0.3 is 0 Å². The van der Waals surface area contributed by atoms with Crippen molar-refractivity contribution < 1.29 is 8.42 Å². The quantitative estimate of drug-likeness (QED) is 0.772. The summed E-state index contributed by atoms with van der Waals surface area (Å²) >= 11 is 0. The molecule has 0 N–H and O–H groups in total. The van der Waals surface area contributed by atoms with E-state index in [2.05, 4.69) is 6.58 Å². The summed E-state index contributed by atoms with van der Waals surface area (Å²) in [5.74, 6) is 0. The smallest absolute Gasteiger partial charge is 0.207 e. The molecular weight excluding hydrogens is 294 g/mol. The summed E-state index contributed by atoms with van der Waals surface area (Å²) in [6.07, 6.45) is 7.09. The second-order valence-corrected chi connectivity index (χ2v) is 8.55. The maximum Gasteiger partial charge on any atom is 0.243 e. The van der Waals surface area contributed by atoms with Gasteiger partial charge in [0.15, 0.2) is 0 Å². The zero-order valence-corrected chi connectivity index (χ0v) is 14.2. The Morgan fingerprint density at radius 1 is 1.05 bits per heavy atom. The fraction of sp³-hybridized carbons (Fsp3) is 0.556. The Hall–Kier alpha value is -1.13. The van der Waals surface area contributed by atoms with Crippen LogP contribution >= 0.6 is 0 Å². The first-order valence-corrected chi connectivity index (χ1v) is 9.69. The van der Waals surface area contributed by atoms with Crippen LogP contribution in [0, 0.1) is 6.92 Å². The third-order valence-electron chi connectivity index (χ3n) is 5.26. The average Bonchev–Trinajstić information content (AvgIpc) is 2.51. The number of hydrogen-bond donors (Lipinski definition) is 0. The summed E-state index contributed by atoms with van der Waals surface area (Å²) in [5, 5.41) is 0. The third kappa shape index (κ3) is 2.52. The molecule has 3 rings (SSSR count). The van der Waals surface area contributed by atoms with Gasteiger partial charge in [0.05, 0.1) is 10.4 Å². The van der Waals surface area contributed by atoms with E-state index < -0.39 is 10.0 Å². The molecule has 1 aliphatic heterocycles. The van der Waals surface area contributed by atoms with E-state index in [0.29, 0.717) is 11.4 Å². The van der Waals surface area contributed by atoms with Crippen LogP contribution in [0.15, 0.2) is 41.3 Å². The molecule has 1 aromatic carbocycles. The zero-order chi connectivity index (χ0) is 15.8. The van der Waals surface area contributed by atoms with Gasteiger partial charge in [0, 0.05) is 6.54 Å². The lowest BCUT2D eigenvalue weighted by atomic mass is 9.73. The highest BCUT2D eigenvalue weighted by atomic mass is 32.2. The molecule has 120 valence electrons. The van der Waals surface area contributed by atoms with Crippen LogP contribution in [-0.2, 0) is 10.0 Å². The fourth-order valence-corrected chi connectivity index (χ4v) is 5.84. The fourth-order valence-electron chi connectivity index (χ4n) is 3.97. The lowest BCUT2D eigenvalue weighted by molar-refractivity contribution is 0.136. The molecule has 3 nitrogen and oxygen atoms in total. The molecule has 22 heavy (non-hydrogen) atoms. The molecule has 4 heteroatoms. The summed E-state index contributed by atoms with van der Waals surface area (Å²) in [6.45, 7) is 6.85. The molecule has 2 fully saturated rings. The largest absolute Gasteiger partial charge is 0.243 e. The summed E-state index contributed by atoms with van der Waals surface area (Å²) in [4.78, 5) is 0.415. The number of piperidine rings is 1. The van der Waals surface area contributed by atoms with Gasteiger partial charge in [0.1, 0.15) is 0 Å². The van der Waals surface area contributed by atoms with E-state index in [1.54, 1.807) is 16.4 Å². The van der Waals surface area contributed by atoms with Crippen molar-refractivity contribution in [1.82, 2.24) is 4.31 Å². The number of nitrogens with zero attached hydrogens (tertiary/aromatic N) is 1. The van der Waals surface area contributed by atoms with Crippen LogP contribution in [0.25, 0.3) is 0 Å². The van der Waals surface area contributed by atoms with Gasteiger partial charge in [0.25, 0.3) is 0 Å². The van der Waals surface area contributed by atoms with Crippen molar-refractivity contribution in [3.8, 4) is 0 Å². The van der Waals surface area contributed by atoms with Crippen LogP contribution in [0.2, 0.25) is 0 Å². The van der Waals surface area contributed by atoms with Crippen LogP contribution in [0.3, 0.4) is 0 Å². The molecule has 0 bridgehead atoms. The third-order valence-corrected chi connectivity index (χ3v) is 7.25. The predicted octanol–water partition coefficient (Wildman–Crippen LogP) is 4.04. The number of aryl methyl sites for hydroxylation is 1. The van der Waals surface area contributed by atoms with Gasteiger partial charge in [-0.25, -0.2) is 8.42 Å². The number of hydrogen-bond acceptors (Lipinski definition) is 2. The van der Waals surface area contributed by atoms with Crippen molar-refractivity contribution >= 4 is 10.0 Å². The van der Waals surface area contributed by atoms with Crippen molar-refractivity contribution in [3.05, 3.63) is 42.0 Å². The second-order valence-electron chi connectivity index (χ2n) is 6.69. The Morgan fingerprint density at radius 2 is 1.68 bits per heavy atom. The molecular formula is C18H25NO2S. The average molecular weight is 319 g/mol. The SMILES string of the molecule is C=C1CCCC[C@]12CCCCN2S(=O)(=O)c1ccc(C)cc1. The van der Waals surface area contributed by atoms with E-state index in [0.717, 1.165) is 56.1 Å². The first-order valence-electron chi connectivity index (χ1n) is 8.25. The van der Waals surface area contributed by atoms with Crippen molar-refractivity contribution in [3.63, 3.8) is 0 Å². The minimum absolute atomic E-state index is 0.333. The first kappa shape index (κ1) is 15.8. The Labute approximate surface area is 134 Å². The molecule has 0 unspecified atom stereocenters. The first-order chi connectivity index (χ1) is 10.5. The van der Waals surface area contributed by atoms with Crippen molar-refractivity contribution in [2.45, 2.75) is 62.3 Å². The summed E-state index contributed by atoms with van der Waals surface area (Å²) < 4.78 is 28.2. The highest BCUT2D eigenvalue weighted by Crippen LogP contribution is 2.45. The van der Waals surface area contributed by atoms with Crippen molar-refractivity contribution in [2.75, 3.05) is 6.54 Å². The molecule has 1 spiro atoms. The van der Waals surface area contributed by atoms with Gasteiger partial charge in [-0.3, -0.25) is 0 Å². The van der Waals surface area contributed by atoms with E-state index in [9.17, 15) is 8.42 Å². The molecule has 1 heterocycles. The van der Waals surface area contributed by atoms with Gasteiger partial charge in [-0.2, -0.15) is 4.31 Å². The van der Waals surface area contributed by atoms with Crippen LogP contribution < -0.4 is 0 Å². The molecule has 1 saturated heterocycles. The van der Waals surface area contributed by atoms with Crippen LogP contribution in [0.1, 0.15) is 50.5 Å². The Morgan fingerprint density at radius 3 is 2.32 bits per heavy atom. The van der Waals surface area contributed by atoms with E-state index in [4.69, 9.17) is 0 Å². The maximum atomic E-state index is 13.2. The minimum atomic E-state index is -3.45. The van der Waals surface area contributed by atoms with Gasteiger partial charge in [0.2, 0.25) is 10.0 Å². The highest BCUT2D eigenvalue weighted by molar-refractivity contribution is 7.89. The van der Waals surface area contributed by atoms with Crippen molar-refractivity contribution in [2.24, 2.45) is 0 Å². The zero-order valence-electron chi connectivity index (χ0n) is 13.3. The minimum Gasteiger partial charge on any atom is -0.207 e. The van der Waals surface area contributed by atoms with Gasteiger partial charge in [-0.05, 0) is 57.6 Å². The Bertz CT molecular complexity index is 657. The molecule has 1 saturated carbocycles. The molecule has 2 aliphatic rings. The number of rotatable bonds is 2. The number of sulfonamides is 1. The van der Waals surface area contributed by atoms with Gasteiger partial charge in [-0.1, -0.05) is 36.3 Å². The molecule has 1 aromatic rings. The van der Waals surface area contributed by atoms with Gasteiger partial charge in [-0.15, -0.1) is 0 Å². The summed E-state index contributed by atoms with van der Waals surface area (Å²) in [7, 11) is -3.45. The van der Waals surface area contributed by atoms with Crippen LogP contribution in [-0.4, -0.2) is 24.8 Å². The Kier molecular flexibility index (Phi) is 4.17. The predicted molar refractivity (Wildman–Crippen MR) is 89.3 cm³/mol. The summed E-state index contributed by atoms with van der Waals surface area (Å²) in [6, 6.07) is 7.22. The van der Waals surface area contributed by atoms with E-state index in [1.807, 2.05) is 19.1 Å². The molecule has 1 aliphatic carbocycles. The van der Waals surface area contributed by atoms with E-state index in [1.165, 1.54) is 0 Å². The number of benzene rings is 1. The van der Waals surface area contributed by atoms with Crippen molar-refractivity contribution in [1.29, 1.82) is 0 Å². The highest BCUT2D eigenvalue weighted by Gasteiger charge is 2.47. The van der Waals surface area contributed by atoms with Crippen LogP contribution in [0.5, 0.6) is 0 Å². The standard InChI is InChI=1S/C18H25NO2S/c1-15-8-10-17(11-9-15)22(20,21)19-14-6-5-13-18(19)12-4-3-7-16(18)2/h8-11H,2-7,12-14H2,1H3/t18-/m0/s1.